The van der Waals surface area contributed by atoms with Gasteiger partial charge in [-0.15, -0.1) is 0 Å². The van der Waals surface area contributed by atoms with Gasteiger partial charge < -0.3 is 10.6 Å². The van der Waals surface area contributed by atoms with E-state index >= 15 is 0 Å². The van der Waals surface area contributed by atoms with E-state index < -0.39 is 0 Å². The molecule has 6 heteroatoms. The summed E-state index contributed by atoms with van der Waals surface area (Å²) in [5.41, 5.74) is 4.15. The van der Waals surface area contributed by atoms with E-state index in [-0.39, 0.29) is 17.6 Å². The highest BCUT2D eigenvalue weighted by atomic mass is 35.5. The summed E-state index contributed by atoms with van der Waals surface area (Å²) in [6.07, 6.45) is 8.23. The van der Waals surface area contributed by atoms with E-state index in [2.05, 4.69) is 15.6 Å². The van der Waals surface area contributed by atoms with Crippen LogP contribution in [0.5, 0.6) is 0 Å². The molecule has 0 saturated heterocycles. The number of nitrogens with zero attached hydrogens (tertiary/aromatic N) is 1. The summed E-state index contributed by atoms with van der Waals surface area (Å²) in [5, 5.41) is 9.27. The quantitative estimate of drug-likeness (QED) is 0.219. The van der Waals surface area contributed by atoms with Gasteiger partial charge in [-0.05, 0) is 105 Å². The lowest BCUT2D eigenvalue weighted by molar-refractivity contribution is 0.351. The van der Waals surface area contributed by atoms with Crippen LogP contribution in [0.4, 0.5) is 14.5 Å². The molecule has 1 aliphatic carbocycles. The molecule has 1 heterocycles. The monoisotopic (exact) mass is 519 g/mol. The number of fused-ring (bicyclic) bond motifs is 1. The van der Waals surface area contributed by atoms with E-state index in [0.29, 0.717) is 17.1 Å². The van der Waals surface area contributed by atoms with Crippen LogP contribution in [0.3, 0.4) is 0 Å². The van der Waals surface area contributed by atoms with Crippen molar-refractivity contribution in [3.63, 3.8) is 0 Å². The summed E-state index contributed by atoms with van der Waals surface area (Å²) in [5.74, 6) is -0.363. The first-order chi connectivity index (χ1) is 18.0. The van der Waals surface area contributed by atoms with Gasteiger partial charge in [-0.3, -0.25) is 4.98 Å². The van der Waals surface area contributed by atoms with Gasteiger partial charge in [0.05, 0.1) is 5.52 Å². The van der Waals surface area contributed by atoms with Gasteiger partial charge in [0.15, 0.2) is 0 Å². The van der Waals surface area contributed by atoms with E-state index in [1.165, 1.54) is 24.3 Å². The molecule has 1 aliphatic rings. The standard InChI is InChI=1S/C31H32ClF2N3/c32-23-7-16-29-30(17-19-36-31(29)20-23)37-27-14-12-26(13-15-27)35-18-1-2-28(21-3-8-24(33)9-4-21)22-5-10-25(34)11-6-22/h3-11,16-17,19-20,26-28,35H,1-2,12-15,18H2,(H,36,37). The molecular formula is C31H32ClF2N3. The summed E-state index contributed by atoms with van der Waals surface area (Å²) < 4.78 is 27.0. The van der Waals surface area contributed by atoms with E-state index in [9.17, 15) is 8.78 Å². The number of halogens is 3. The molecule has 1 fully saturated rings. The van der Waals surface area contributed by atoms with Gasteiger partial charge in [-0.2, -0.15) is 0 Å². The topological polar surface area (TPSA) is 37.0 Å². The molecule has 0 aliphatic heterocycles. The Balaban J connectivity index is 1.11. The first kappa shape index (κ1) is 25.6. The van der Waals surface area contributed by atoms with Crippen molar-refractivity contribution < 1.29 is 8.78 Å². The Bertz CT molecular complexity index is 1260. The minimum absolute atomic E-state index is 0.119. The van der Waals surface area contributed by atoms with Crippen LogP contribution in [0.1, 0.15) is 55.6 Å². The second kappa shape index (κ2) is 12.0. The van der Waals surface area contributed by atoms with Crippen molar-refractivity contribution >= 4 is 28.2 Å². The maximum absolute atomic E-state index is 13.5. The van der Waals surface area contributed by atoms with Crippen molar-refractivity contribution in [3.8, 4) is 0 Å². The Morgan fingerprint density at radius 3 is 2.08 bits per heavy atom. The van der Waals surface area contributed by atoms with Crippen LogP contribution < -0.4 is 10.6 Å². The van der Waals surface area contributed by atoms with Gasteiger partial charge in [0.2, 0.25) is 0 Å². The minimum Gasteiger partial charge on any atom is -0.382 e. The Hall–Kier alpha value is -3.02. The lowest BCUT2D eigenvalue weighted by Gasteiger charge is -2.31. The van der Waals surface area contributed by atoms with Crippen LogP contribution in [0, 0.1) is 11.6 Å². The van der Waals surface area contributed by atoms with Gasteiger partial charge in [-0.25, -0.2) is 8.78 Å². The lowest BCUT2D eigenvalue weighted by atomic mass is 9.87. The molecule has 0 amide bonds. The normalized spacial score (nSPS) is 17.8. The summed E-state index contributed by atoms with van der Waals surface area (Å²) in [6.45, 7) is 0.928. The molecule has 0 unspecified atom stereocenters. The van der Waals surface area contributed by atoms with Gasteiger partial charge in [0, 0.05) is 40.3 Å². The zero-order valence-electron chi connectivity index (χ0n) is 20.8. The molecule has 0 atom stereocenters. The zero-order chi connectivity index (χ0) is 25.6. The molecule has 1 saturated carbocycles. The molecule has 4 aromatic rings. The number of benzene rings is 3. The van der Waals surface area contributed by atoms with Crippen LogP contribution in [-0.2, 0) is 0 Å². The highest BCUT2D eigenvalue weighted by molar-refractivity contribution is 6.31. The maximum Gasteiger partial charge on any atom is 0.123 e. The molecule has 0 spiro atoms. The average Bonchev–Trinajstić information content (AvgIpc) is 2.91. The van der Waals surface area contributed by atoms with Crippen molar-refractivity contribution in [1.29, 1.82) is 0 Å². The third-order valence-electron chi connectivity index (χ3n) is 7.44. The van der Waals surface area contributed by atoms with Crippen LogP contribution in [0.15, 0.2) is 79.0 Å². The molecule has 37 heavy (non-hydrogen) atoms. The molecule has 0 bridgehead atoms. The fraction of sp³-hybridized carbons (Fsp3) is 0.323. The zero-order valence-corrected chi connectivity index (χ0v) is 21.5. The van der Waals surface area contributed by atoms with Crippen molar-refractivity contribution in [1.82, 2.24) is 10.3 Å². The largest absolute Gasteiger partial charge is 0.382 e. The van der Waals surface area contributed by atoms with Crippen LogP contribution in [-0.4, -0.2) is 23.6 Å². The fourth-order valence-corrected chi connectivity index (χ4v) is 5.60. The fourth-order valence-electron chi connectivity index (χ4n) is 5.44. The number of anilines is 1. The third kappa shape index (κ3) is 6.65. The predicted octanol–water partition coefficient (Wildman–Crippen LogP) is 8.09. The Morgan fingerprint density at radius 1 is 0.811 bits per heavy atom. The molecule has 5 rings (SSSR count). The summed E-state index contributed by atoms with van der Waals surface area (Å²) in [7, 11) is 0. The Morgan fingerprint density at radius 2 is 1.43 bits per heavy atom. The highest BCUT2D eigenvalue weighted by Crippen LogP contribution is 2.31. The average molecular weight is 520 g/mol. The lowest BCUT2D eigenvalue weighted by Crippen LogP contribution is -2.37. The van der Waals surface area contributed by atoms with E-state index in [1.54, 1.807) is 0 Å². The number of pyridine rings is 1. The van der Waals surface area contributed by atoms with Crippen molar-refractivity contribution in [2.45, 2.75) is 56.5 Å². The van der Waals surface area contributed by atoms with Gasteiger partial charge in [0.1, 0.15) is 11.6 Å². The van der Waals surface area contributed by atoms with E-state index in [1.807, 2.05) is 54.7 Å². The smallest absolute Gasteiger partial charge is 0.123 e. The molecule has 2 N–H and O–H groups in total. The van der Waals surface area contributed by atoms with E-state index in [4.69, 9.17) is 11.6 Å². The number of aromatic nitrogens is 1. The van der Waals surface area contributed by atoms with Crippen LogP contribution in [0.25, 0.3) is 10.9 Å². The summed E-state index contributed by atoms with van der Waals surface area (Å²) >= 11 is 6.13. The van der Waals surface area contributed by atoms with Gasteiger partial charge >= 0.3 is 0 Å². The summed E-state index contributed by atoms with van der Waals surface area (Å²) in [6, 6.07) is 22.2. The van der Waals surface area contributed by atoms with Gasteiger partial charge in [-0.1, -0.05) is 35.9 Å². The highest BCUT2D eigenvalue weighted by Gasteiger charge is 2.21. The SMILES string of the molecule is Fc1ccc(C(CCCNC2CCC(Nc3ccnc4cc(Cl)ccc34)CC2)c2ccc(F)cc2)cc1. The number of nitrogens with one attached hydrogen (secondary N) is 2. The minimum atomic E-state index is -0.241. The molecule has 3 aromatic carbocycles. The molecule has 192 valence electrons. The first-order valence-corrected chi connectivity index (χ1v) is 13.5. The molecular weight excluding hydrogens is 488 g/mol. The number of hydrogen-bond donors (Lipinski definition) is 2. The number of rotatable bonds is 9. The maximum atomic E-state index is 13.5. The third-order valence-corrected chi connectivity index (χ3v) is 7.67. The van der Waals surface area contributed by atoms with Crippen molar-refractivity contribution in [2.75, 3.05) is 11.9 Å². The first-order valence-electron chi connectivity index (χ1n) is 13.1. The second-order valence-corrected chi connectivity index (χ2v) is 10.4. The predicted molar refractivity (Wildman–Crippen MR) is 148 cm³/mol. The molecule has 0 radical (unpaired) electrons. The molecule has 3 nitrogen and oxygen atoms in total. The van der Waals surface area contributed by atoms with Crippen LogP contribution in [0.2, 0.25) is 5.02 Å². The van der Waals surface area contributed by atoms with Crippen molar-refractivity contribution in [2.24, 2.45) is 0 Å². The van der Waals surface area contributed by atoms with Gasteiger partial charge in [0.25, 0.3) is 0 Å². The van der Waals surface area contributed by atoms with E-state index in [0.717, 1.165) is 72.8 Å². The van der Waals surface area contributed by atoms with Crippen LogP contribution >= 0.6 is 11.6 Å². The Kier molecular flexibility index (Phi) is 8.32. The Labute approximate surface area is 222 Å². The summed E-state index contributed by atoms with van der Waals surface area (Å²) in [4.78, 5) is 4.44. The second-order valence-electron chi connectivity index (χ2n) is 9.96. The number of hydrogen-bond acceptors (Lipinski definition) is 3. The van der Waals surface area contributed by atoms with Crippen molar-refractivity contribution in [3.05, 3.63) is 107 Å². The molecule has 1 aromatic heterocycles.